The van der Waals surface area contributed by atoms with Gasteiger partial charge in [-0.2, -0.15) is 4.31 Å². The first-order chi connectivity index (χ1) is 8.01. The van der Waals surface area contributed by atoms with E-state index in [0.717, 1.165) is 12.1 Å². The predicted molar refractivity (Wildman–Crippen MR) is 70.3 cm³/mol. The van der Waals surface area contributed by atoms with Crippen molar-refractivity contribution in [1.82, 2.24) is 9.62 Å². The minimum absolute atomic E-state index is 0. The number of hydrogen-bond acceptors (Lipinski definition) is 3. The summed E-state index contributed by atoms with van der Waals surface area (Å²) in [6.07, 6.45) is 0. The summed E-state index contributed by atoms with van der Waals surface area (Å²) < 4.78 is 39.1. The summed E-state index contributed by atoms with van der Waals surface area (Å²) in [6, 6.07) is 3.54. The zero-order valence-corrected chi connectivity index (χ0v) is 11.8. The van der Waals surface area contributed by atoms with Crippen LogP contribution in [0.1, 0.15) is 0 Å². The molecule has 2 rings (SSSR count). The van der Waals surface area contributed by atoms with Crippen molar-refractivity contribution in [3.05, 3.63) is 29.0 Å². The molecule has 18 heavy (non-hydrogen) atoms. The molecule has 1 N–H and O–H groups in total. The summed E-state index contributed by atoms with van der Waals surface area (Å²) in [5.74, 6) is -0.770. The lowest BCUT2D eigenvalue weighted by molar-refractivity contribution is 0.358. The van der Waals surface area contributed by atoms with Crippen molar-refractivity contribution in [3.8, 4) is 0 Å². The van der Waals surface area contributed by atoms with Crippen LogP contribution in [0.4, 0.5) is 4.39 Å². The van der Waals surface area contributed by atoms with Gasteiger partial charge in [-0.25, -0.2) is 12.8 Å². The van der Waals surface area contributed by atoms with Crippen LogP contribution in [0.2, 0.25) is 5.02 Å². The summed E-state index contributed by atoms with van der Waals surface area (Å²) in [5, 5.41) is 3.25. The van der Waals surface area contributed by atoms with E-state index in [4.69, 9.17) is 11.6 Å². The molecule has 0 saturated carbocycles. The average molecular weight is 315 g/mol. The van der Waals surface area contributed by atoms with Gasteiger partial charge in [-0.3, -0.25) is 0 Å². The number of nitrogens with one attached hydrogen (secondary N) is 1. The molecule has 1 aromatic rings. The number of hydrogen-bond donors (Lipinski definition) is 1. The van der Waals surface area contributed by atoms with Gasteiger partial charge < -0.3 is 5.32 Å². The van der Waals surface area contributed by atoms with Crippen LogP contribution >= 0.6 is 24.0 Å². The molecule has 0 atom stereocenters. The smallest absolute Gasteiger partial charge is 0.246 e. The number of halogens is 3. The summed E-state index contributed by atoms with van der Waals surface area (Å²) in [7, 11) is -3.78. The molecule has 0 radical (unpaired) electrons. The van der Waals surface area contributed by atoms with E-state index in [-0.39, 0.29) is 22.3 Å². The van der Waals surface area contributed by atoms with Crippen molar-refractivity contribution >= 4 is 34.0 Å². The molecule has 0 bridgehead atoms. The summed E-state index contributed by atoms with van der Waals surface area (Å²) in [5.41, 5.74) is 0. The molecule has 0 aliphatic carbocycles. The molecule has 1 fully saturated rings. The first-order valence-corrected chi connectivity index (χ1v) is 6.99. The van der Waals surface area contributed by atoms with Gasteiger partial charge in [0.15, 0.2) is 0 Å². The first-order valence-electron chi connectivity index (χ1n) is 5.18. The SMILES string of the molecule is Cl.O=S(=O)(c1cc(Cl)ccc1F)N1CCNCC1. The van der Waals surface area contributed by atoms with E-state index < -0.39 is 15.8 Å². The molecule has 0 spiro atoms. The van der Waals surface area contributed by atoms with Gasteiger partial charge in [0, 0.05) is 31.2 Å². The fraction of sp³-hybridized carbons (Fsp3) is 0.400. The Morgan fingerprint density at radius 1 is 1.28 bits per heavy atom. The molecule has 8 heteroatoms. The molecule has 4 nitrogen and oxygen atoms in total. The Morgan fingerprint density at radius 2 is 1.89 bits per heavy atom. The van der Waals surface area contributed by atoms with Crippen LogP contribution in [0.15, 0.2) is 23.1 Å². The Balaban J connectivity index is 0.00000162. The van der Waals surface area contributed by atoms with Crippen LogP contribution in [-0.4, -0.2) is 38.9 Å². The van der Waals surface area contributed by atoms with E-state index in [2.05, 4.69) is 5.32 Å². The van der Waals surface area contributed by atoms with Crippen LogP contribution in [-0.2, 0) is 10.0 Å². The van der Waals surface area contributed by atoms with E-state index in [1.54, 1.807) is 0 Å². The van der Waals surface area contributed by atoms with Gasteiger partial charge in [0.1, 0.15) is 10.7 Å². The van der Waals surface area contributed by atoms with Gasteiger partial charge in [0.25, 0.3) is 0 Å². The zero-order valence-electron chi connectivity index (χ0n) is 9.40. The van der Waals surface area contributed by atoms with Gasteiger partial charge in [-0.15, -0.1) is 12.4 Å². The second-order valence-corrected chi connectivity index (χ2v) is 6.07. The molecule has 0 aromatic heterocycles. The lowest BCUT2D eigenvalue weighted by Crippen LogP contribution is -2.46. The minimum Gasteiger partial charge on any atom is -0.314 e. The Kier molecular flexibility index (Phi) is 5.36. The van der Waals surface area contributed by atoms with Crippen molar-refractivity contribution in [2.45, 2.75) is 4.90 Å². The summed E-state index contributed by atoms with van der Waals surface area (Å²) in [4.78, 5) is -0.355. The first kappa shape index (κ1) is 15.7. The number of rotatable bonds is 2. The zero-order chi connectivity index (χ0) is 12.5. The highest BCUT2D eigenvalue weighted by molar-refractivity contribution is 7.89. The van der Waals surface area contributed by atoms with Crippen LogP contribution in [0.5, 0.6) is 0 Å². The van der Waals surface area contributed by atoms with E-state index in [1.165, 1.54) is 10.4 Å². The molecule has 0 unspecified atom stereocenters. The van der Waals surface area contributed by atoms with E-state index in [1.807, 2.05) is 0 Å². The molecular weight excluding hydrogens is 302 g/mol. The maximum absolute atomic E-state index is 13.5. The maximum Gasteiger partial charge on any atom is 0.246 e. The molecule has 1 aromatic carbocycles. The quantitative estimate of drug-likeness (QED) is 0.900. The largest absolute Gasteiger partial charge is 0.314 e. The van der Waals surface area contributed by atoms with E-state index in [0.29, 0.717) is 26.2 Å². The van der Waals surface area contributed by atoms with E-state index >= 15 is 0 Å². The van der Waals surface area contributed by atoms with Crippen molar-refractivity contribution in [2.75, 3.05) is 26.2 Å². The standard InChI is InChI=1S/C10H12ClFN2O2S.ClH/c11-8-1-2-9(12)10(7-8)17(15,16)14-5-3-13-4-6-14;/h1-2,7,13H,3-6H2;1H. The molecule has 1 heterocycles. The van der Waals surface area contributed by atoms with Crippen molar-refractivity contribution < 1.29 is 12.8 Å². The van der Waals surface area contributed by atoms with Gasteiger partial charge in [-0.05, 0) is 18.2 Å². The number of sulfonamides is 1. The Morgan fingerprint density at radius 3 is 2.50 bits per heavy atom. The third-order valence-corrected chi connectivity index (χ3v) is 4.74. The lowest BCUT2D eigenvalue weighted by atomic mass is 10.3. The average Bonchev–Trinajstić information content (AvgIpc) is 2.33. The summed E-state index contributed by atoms with van der Waals surface area (Å²) in [6.45, 7) is 1.82. The highest BCUT2D eigenvalue weighted by Gasteiger charge is 2.28. The molecule has 1 aliphatic rings. The van der Waals surface area contributed by atoms with E-state index in [9.17, 15) is 12.8 Å². The van der Waals surface area contributed by atoms with Crippen molar-refractivity contribution in [1.29, 1.82) is 0 Å². The number of benzene rings is 1. The fourth-order valence-electron chi connectivity index (χ4n) is 1.70. The third kappa shape index (κ3) is 3.13. The molecular formula is C10H13Cl2FN2O2S. The molecule has 102 valence electrons. The second kappa shape index (κ2) is 6.16. The van der Waals surface area contributed by atoms with Gasteiger partial charge in [0.2, 0.25) is 10.0 Å². The number of piperazine rings is 1. The Labute approximate surface area is 117 Å². The van der Waals surface area contributed by atoms with Crippen molar-refractivity contribution in [2.24, 2.45) is 0 Å². The Hall–Kier alpha value is -0.400. The van der Waals surface area contributed by atoms with Crippen LogP contribution in [0, 0.1) is 5.82 Å². The maximum atomic E-state index is 13.5. The predicted octanol–water partition coefficient (Wildman–Crippen LogP) is 1.49. The summed E-state index contributed by atoms with van der Waals surface area (Å²) >= 11 is 5.70. The highest BCUT2D eigenvalue weighted by Crippen LogP contribution is 2.23. The lowest BCUT2D eigenvalue weighted by Gasteiger charge is -2.26. The topological polar surface area (TPSA) is 49.4 Å². The van der Waals surface area contributed by atoms with Crippen LogP contribution in [0.25, 0.3) is 0 Å². The van der Waals surface area contributed by atoms with Gasteiger partial charge >= 0.3 is 0 Å². The monoisotopic (exact) mass is 314 g/mol. The van der Waals surface area contributed by atoms with Gasteiger partial charge in [0.05, 0.1) is 0 Å². The minimum atomic E-state index is -3.78. The number of nitrogens with zero attached hydrogens (tertiary/aromatic N) is 1. The second-order valence-electron chi connectivity index (χ2n) is 3.73. The van der Waals surface area contributed by atoms with Crippen LogP contribution in [0.3, 0.4) is 0 Å². The molecule has 1 saturated heterocycles. The Bertz CT molecular complexity index is 519. The van der Waals surface area contributed by atoms with Gasteiger partial charge in [-0.1, -0.05) is 11.6 Å². The van der Waals surface area contributed by atoms with Crippen LogP contribution < -0.4 is 5.32 Å². The highest BCUT2D eigenvalue weighted by atomic mass is 35.5. The van der Waals surface area contributed by atoms with Crippen molar-refractivity contribution in [3.63, 3.8) is 0 Å². The molecule has 0 amide bonds. The normalized spacial score (nSPS) is 17.2. The fourth-order valence-corrected chi connectivity index (χ4v) is 3.47. The molecule has 1 aliphatic heterocycles. The third-order valence-electron chi connectivity index (χ3n) is 2.59.